The van der Waals surface area contributed by atoms with Crippen molar-refractivity contribution in [1.82, 2.24) is 19.7 Å². The number of carboxylic acid groups (broad SMARTS) is 1. The van der Waals surface area contributed by atoms with Crippen molar-refractivity contribution in [2.75, 3.05) is 0 Å². The Hall–Kier alpha value is -2.55. The molecule has 21 heavy (non-hydrogen) atoms. The summed E-state index contributed by atoms with van der Waals surface area (Å²) in [6.07, 6.45) is 0. The SMILES string of the molecule is CCn1c(Sc2nc3ccc(C(=O)O)cc3o2)n[nH]c1=O. The minimum Gasteiger partial charge on any atom is -0.478 e. The Balaban J connectivity index is 1.97. The van der Waals surface area contributed by atoms with E-state index in [9.17, 15) is 9.59 Å². The highest BCUT2D eigenvalue weighted by Crippen LogP contribution is 2.28. The van der Waals surface area contributed by atoms with Gasteiger partial charge in [0.15, 0.2) is 5.58 Å². The van der Waals surface area contributed by atoms with Gasteiger partial charge in [0.1, 0.15) is 5.52 Å². The lowest BCUT2D eigenvalue weighted by Gasteiger charge is -1.97. The molecule has 0 fully saturated rings. The van der Waals surface area contributed by atoms with Crippen LogP contribution in [0.3, 0.4) is 0 Å². The van der Waals surface area contributed by atoms with E-state index in [1.807, 2.05) is 6.92 Å². The van der Waals surface area contributed by atoms with Crippen molar-refractivity contribution in [1.29, 1.82) is 0 Å². The lowest BCUT2D eigenvalue weighted by molar-refractivity contribution is 0.0697. The molecule has 0 aliphatic carbocycles. The number of fused-ring (bicyclic) bond motifs is 1. The summed E-state index contributed by atoms with van der Waals surface area (Å²) in [4.78, 5) is 26.6. The number of benzene rings is 1. The minimum absolute atomic E-state index is 0.125. The van der Waals surface area contributed by atoms with Gasteiger partial charge < -0.3 is 9.52 Å². The van der Waals surface area contributed by atoms with Crippen LogP contribution >= 0.6 is 11.8 Å². The predicted octanol–water partition coefficient (Wildman–Crippen LogP) is 1.58. The number of aromatic nitrogens is 4. The summed E-state index contributed by atoms with van der Waals surface area (Å²) < 4.78 is 6.94. The second-order valence-corrected chi connectivity index (χ2v) is 5.04. The molecule has 0 radical (unpaired) electrons. The minimum atomic E-state index is -1.03. The maximum Gasteiger partial charge on any atom is 0.343 e. The summed E-state index contributed by atoms with van der Waals surface area (Å²) in [5, 5.41) is 15.9. The van der Waals surface area contributed by atoms with Crippen LogP contribution in [0.4, 0.5) is 0 Å². The molecule has 0 aliphatic heterocycles. The molecule has 1 aromatic carbocycles. The number of aromatic carboxylic acids is 1. The normalized spacial score (nSPS) is 11.1. The van der Waals surface area contributed by atoms with Gasteiger partial charge in [0.25, 0.3) is 5.22 Å². The monoisotopic (exact) mass is 306 g/mol. The van der Waals surface area contributed by atoms with Crippen LogP contribution in [0.5, 0.6) is 0 Å². The van der Waals surface area contributed by atoms with E-state index < -0.39 is 5.97 Å². The molecule has 2 heterocycles. The molecule has 0 atom stereocenters. The summed E-state index contributed by atoms with van der Waals surface area (Å²) in [5.41, 5.74) is 0.742. The molecule has 0 amide bonds. The Morgan fingerprint density at radius 3 is 3.05 bits per heavy atom. The van der Waals surface area contributed by atoms with Crippen molar-refractivity contribution in [3.05, 3.63) is 34.2 Å². The Morgan fingerprint density at radius 2 is 2.33 bits per heavy atom. The van der Waals surface area contributed by atoms with Crippen LogP contribution in [0.1, 0.15) is 17.3 Å². The van der Waals surface area contributed by atoms with Crippen molar-refractivity contribution in [2.45, 2.75) is 23.8 Å². The molecule has 108 valence electrons. The fourth-order valence-corrected chi connectivity index (χ4v) is 2.66. The van der Waals surface area contributed by atoms with Crippen molar-refractivity contribution in [3.8, 4) is 0 Å². The van der Waals surface area contributed by atoms with Crippen LogP contribution in [-0.4, -0.2) is 30.8 Å². The molecule has 3 rings (SSSR count). The topological polar surface area (TPSA) is 114 Å². The van der Waals surface area contributed by atoms with E-state index in [1.165, 1.54) is 16.7 Å². The average Bonchev–Trinajstić information content (AvgIpc) is 3.01. The van der Waals surface area contributed by atoms with E-state index in [0.717, 1.165) is 11.8 Å². The van der Waals surface area contributed by atoms with Crippen LogP contribution in [0.2, 0.25) is 0 Å². The second-order valence-electron chi connectivity index (χ2n) is 4.13. The van der Waals surface area contributed by atoms with Crippen LogP contribution in [0.15, 0.2) is 37.8 Å². The molecule has 8 nitrogen and oxygen atoms in total. The Morgan fingerprint density at radius 1 is 1.52 bits per heavy atom. The number of aromatic amines is 1. The Bertz CT molecular complexity index is 879. The van der Waals surface area contributed by atoms with E-state index in [0.29, 0.717) is 28.0 Å². The third-order valence-corrected chi connectivity index (χ3v) is 3.68. The average molecular weight is 306 g/mol. The summed E-state index contributed by atoms with van der Waals surface area (Å²) >= 11 is 1.10. The zero-order valence-electron chi connectivity index (χ0n) is 10.9. The first-order valence-electron chi connectivity index (χ1n) is 6.05. The summed E-state index contributed by atoms with van der Waals surface area (Å²) in [6, 6.07) is 4.44. The highest BCUT2D eigenvalue weighted by Gasteiger charge is 2.14. The van der Waals surface area contributed by atoms with Gasteiger partial charge in [-0.15, -0.1) is 5.10 Å². The second kappa shape index (κ2) is 5.09. The molecule has 0 saturated heterocycles. The zero-order valence-corrected chi connectivity index (χ0v) is 11.7. The van der Waals surface area contributed by atoms with Gasteiger partial charge in [-0.25, -0.2) is 19.7 Å². The molecule has 0 unspecified atom stereocenters. The molecular formula is C12H10N4O4S. The summed E-state index contributed by atoms with van der Waals surface area (Å²) in [6.45, 7) is 2.30. The smallest absolute Gasteiger partial charge is 0.343 e. The number of carbonyl (C=O) groups is 1. The van der Waals surface area contributed by atoms with Crippen molar-refractivity contribution in [3.63, 3.8) is 0 Å². The predicted molar refractivity (Wildman–Crippen MR) is 73.6 cm³/mol. The maximum absolute atomic E-state index is 11.5. The first-order chi connectivity index (χ1) is 10.1. The van der Waals surface area contributed by atoms with Gasteiger partial charge >= 0.3 is 11.7 Å². The molecule has 0 saturated carbocycles. The number of carboxylic acids is 1. The van der Waals surface area contributed by atoms with Gasteiger partial charge in [0.2, 0.25) is 5.16 Å². The van der Waals surface area contributed by atoms with E-state index in [4.69, 9.17) is 9.52 Å². The van der Waals surface area contributed by atoms with Crippen LogP contribution < -0.4 is 5.69 Å². The number of nitrogens with zero attached hydrogens (tertiary/aromatic N) is 3. The maximum atomic E-state index is 11.5. The first-order valence-corrected chi connectivity index (χ1v) is 6.87. The van der Waals surface area contributed by atoms with Gasteiger partial charge in [-0.05, 0) is 25.1 Å². The lowest BCUT2D eigenvalue weighted by atomic mass is 10.2. The number of hydrogen-bond donors (Lipinski definition) is 2. The molecule has 2 aromatic heterocycles. The fraction of sp³-hybridized carbons (Fsp3) is 0.167. The standard InChI is InChI=1S/C12H10N4O4S/c1-2-16-10(19)14-15-11(16)21-12-13-7-4-3-6(9(17)18)5-8(7)20-12/h3-5H,2H2,1H3,(H,14,19)(H,17,18). The third kappa shape index (κ3) is 2.42. The quantitative estimate of drug-likeness (QED) is 0.752. The van der Waals surface area contributed by atoms with Crippen LogP contribution in [0.25, 0.3) is 11.1 Å². The molecule has 0 bridgehead atoms. The van der Waals surface area contributed by atoms with Gasteiger partial charge in [-0.3, -0.25) is 4.57 Å². The van der Waals surface area contributed by atoms with E-state index in [2.05, 4.69) is 15.2 Å². The van der Waals surface area contributed by atoms with E-state index >= 15 is 0 Å². The van der Waals surface area contributed by atoms with Gasteiger partial charge in [0.05, 0.1) is 5.56 Å². The van der Waals surface area contributed by atoms with E-state index in [-0.39, 0.29) is 11.3 Å². The largest absolute Gasteiger partial charge is 0.478 e. The van der Waals surface area contributed by atoms with Crippen LogP contribution in [-0.2, 0) is 6.54 Å². The molecule has 9 heteroatoms. The Labute approximate surface area is 121 Å². The number of nitrogens with one attached hydrogen (secondary N) is 1. The molecule has 0 aliphatic rings. The first kappa shape index (κ1) is 13.4. The highest BCUT2D eigenvalue weighted by atomic mass is 32.2. The lowest BCUT2D eigenvalue weighted by Crippen LogP contribution is -2.15. The zero-order chi connectivity index (χ0) is 15.0. The third-order valence-electron chi connectivity index (χ3n) is 2.83. The van der Waals surface area contributed by atoms with Crippen LogP contribution in [0, 0.1) is 0 Å². The van der Waals surface area contributed by atoms with Gasteiger partial charge in [-0.2, -0.15) is 0 Å². The van der Waals surface area contributed by atoms with Crippen molar-refractivity contribution < 1.29 is 14.3 Å². The molecule has 0 spiro atoms. The number of oxazole rings is 1. The van der Waals surface area contributed by atoms with Crippen molar-refractivity contribution >= 4 is 28.8 Å². The fourth-order valence-electron chi connectivity index (χ4n) is 1.82. The number of H-pyrrole nitrogens is 1. The molecule has 2 N–H and O–H groups in total. The highest BCUT2D eigenvalue weighted by molar-refractivity contribution is 7.99. The van der Waals surface area contributed by atoms with Gasteiger partial charge in [-0.1, -0.05) is 0 Å². The van der Waals surface area contributed by atoms with Crippen molar-refractivity contribution in [2.24, 2.45) is 0 Å². The van der Waals surface area contributed by atoms with Gasteiger partial charge in [0, 0.05) is 18.3 Å². The molecular weight excluding hydrogens is 296 g/mol. The molecule has 3 aromatic rings. The summed E-state index contributed by atoms with van der Waals surface area (Å²) in [5.74, 6) is -1.03. The summed E-state index contributed by atoms with van der Waals surface area (Å²) in [7, 11) is 0. The number of hydrogen-bond acceptors (Lipinski definition) is 6. The Kier molecular flexibility index (Phi) is 3.26. The number of rotatable bonds is 4. The van der Waals surface area contributed by atoms with E-state index in [1.54, 1.807) is 6.07 Å².